The van der Waals surface area contributed by atoms with Crippen molar-refractivity contribution in [3.63, 3.8) is 0 Å². The first-order chi connectivity index (χ1) is 9.50. The Morgan fingerprint density at radius 1 is 1.50 bits per heavy atom. The molecule has 6 heteroatoms. The van der Waals surface area contributed by atoms with E-state index in [1.54, 1.807) is 6.07 Å². The second kappa shape index (κ2) is 5.20. The summed E-state index contributed by atoms with van der Waals surface area (Å²) in [7, 11) is 0. The number of hydrogen-bond acceptors (Lipinski definition) is 3. The standard InChI is InChI=1S/C14H17BrClN3O/c15-11-7-9(1-4-12(11)16)18-14(13(17)20)5-6-19(8-14)10-2-3-10/h1,4,7,10,18H,2-3,5-6,8H2,(H2,17,20). The molecule has 1 aliphatic heterocycles. The molecule has 1 aromatic rings. The molecule has 1 aromatic carbocycles. The van der Waals surface area contributed by atoms with Gasteiger partial charge < -0.3 is 11.1 Å². The lowest BCUT2D eigenvalue weighted by atomic mass is 9.97. The molecule has 1 saturated carbocycles. The molecule has 2 fully saturated rings. The largest absolute Gasteiger partial charge is 0.370 e. The first-order valence-corrected chi connectivity index (χ1v) is 7.94. The van der Waals surface area contributed by atoms with Crippen LogP contribution in [0.4, 0.5) is 5.69 Å². The summed E-state index contributed by atoms with van der Waals surface area (Å²) in [5, 5.41) is 3.98. The van der Waals surface area contributed by atoms with Gasteiger partial charge in [-0.1, -0.05) is 11.6 Å². The van der Waals surface area contributed by atoms with Crippen LogP contribution in [0, 0.1) is 0 Å². The van der Waals surface area contributed by atoms with E-state index in [0.29, 0.717) is 17.6 Å². The number of benzene rings is 1. The summed E-state index contributed by atoms with van der Waals surface area (Å²) in [4.78, 5) is 14.3. The number of nitrogens with two attached hydrogens (primary N) is 1. The van der Waals surface area contributed by atoms with Crippen molar-refractivity contribution in [2.45, 2.75) is 30.8 Å². The van der Waals surface area contributed by atoms with Crippen LogP contribution < -0.4 is 11.1 Å². The van der Waals surface area contributed by atoms with Gasteiger partial charge in [-0.2, -0.15) is 0 Å². The van der Waals surface area contributed by atoms with Gasteiger partial charge in [0.1, 0.15) is 5.54 Å². The molecule has 3 rings (SSSR count). The number of rotatable bonds is 4. The Labute approximate surface area is 131 Å². The van der Waals surface area contributed by atoms with Gasteiger partial charge in [0.25, 0.3) is 0 Å². The molecular weight excluding hydrogens is 342 g/mol. The second-order valence-corrected chi connectivity index (χ2v) is 6.91. The number of likely N-dealkylation sites (tertiary alicyclic amines) is 1. The first kappa shape index (κ1) is 14.2. The normalized spacial score (nSPS) is 26.7. The van der Waals surface area contributed by atoms with Gasteiger partial charge in [-0.3, -0.25) is 9.69 Å². The molecule has 108 valence electrons. The SMILES string of the molecule is NC(=O)C1(Nc2ccc(Cl)c(Br)c2)CCN(C2CC2)C1. The zero-order valence-electron chi connectivity index (χ0n) is 11.0. The third kappa shape index (κ3) is 2.67. The average Bonchev–Trinajstić information content (AvgIpc) is 3.16. The van der Waals surface area contributed by atoms with E-state index in [1.807, 2.05) is 12.1 Å². The molecule has 1 amide bonds. The van der Waals surface area contributed by atoms with Crippen LogP contribution in [0.3, 0.4) is 0 Å². The predicted molar refractivity (Wildman–Crippen MR) is 83.9 cm³/mol. The average molecular weight is 359 g/mol. The fourth-order valence-corrected chi connectivity index (χ4v) is 3.30. The van der Waals surface area contributed by atoms with Crippen LogP contribution in [0.1, 0.15) is 19.3 Å². The minimum atomic E-state index is -0.671. The fourth-order valence-electron chi connectivity index (χ4n) is 2.81. The predicted octanol–water partition coefficient (Wildman–Crippen LogP) is 2.61. The lowest BCUT2D eigenvalue weighted by molar-refractivity contribution is -0.121. The summed E-state index contributed by atoms with van der Waals surface area (Å²) >= 11 is 9.39. The highest BCUT2D eigenvalue weighted by Crippen LogP contribution is 2.36. The van der Waals surface area contributed by atoms with Crippen molar-refractivity contribution in [3.05, 3.63) is 27.7 Å². The lowest BCUT2D eigenvalue weighted by Crippen LogP contribution is -2.52. The number of carbonyl (C=O) groups excluding carboxylic acids is 1. The van der Waals surface area contributed by atoms with E-state index >= 15 is 0 Å². The van der Waals surface area contributed by atoms with Crippen molar-refractivity contribution in [2.75, 3.05) is 18.4 Å². The number of nitrogens with one attached hydrogen (secondary N) is 1. The first-order valence-electron chi connectivity index (χ1n) is 6.77. The lowest BCUT2D eigenvalue weighted by Gasteiger charge is -2.28. The zero-order valence-corrected chi connectivity index (χ0v) is 13.4. The quantitative estimate of drug-likeness (QED) is 0.870. The van der Waals surface area contributed by atoms with Crippen LogP contribution in [0.5, 0.6) is 0 Å². The van der Waals surface area contributed by atoms with E-state index in [1.165, 1.54) is 12.8 Å². The molecule has 0 spiro atoms. The summed E-state index contributed by atoms with van der Waals surface area (Å²) in [6.45, 7) is 1.61. The summed E-state index contributed by atoms with van der Waals surface area (Å²) in [6, 6.07) is 6.20. The van der Waals surface area contributed by atoms with Crippen molar-refractivity contribution in [1.29, 1.82) is 0 Å². The molecule has 1 saturated heterocycles. The topological polar surface area (TPSA) is 58.4 Å². The number of halogens is 2. The number of primary amides is 1. The summed E-state index contributed by atoms with van der Waals surface area (Å²) < 4.78 is 0.806. The van der Waals surface area contributed by atoms with Crippen LogP contribution >= 0.6 is 27.5 Å². The smallest absolute Gasteiger partial charge is 0.244 e. The number of carbonyl (C=O) groups is 1. The maximum atomic E-state index is 12.0. The van der Waals surface area contributed by atoms with E-state index < -0.39 is 5.54 Å². The maximum Gasteiger partial charge on any atom is 0.244 e. The van der Waals surface area contributed by atoms with Gasteiger partial charge in [-0.15, -0.1) is 0 Å². The van der Waals surface area contributed by atoms with E-state index in [4.69, 9.17) is 17.3 Å². The number of anilines is 1. The highest BCUT2D eigenvalue weighted by atomic mass is 79.9. The van der Waals surface area contributed by atoms with E-state index in [0.717, 1.165) is 23.1 Å². The van der Waals surface area contributed by atoms with Crippen LogP contribution in [0.2, 0.25) is 5.02 Å². The molecule has 0 aromatic heterocycles. The van der Waals surface area contributed by atoms with Crippen LogP contribution in [-0.4, -0.2) is 35.5 Å². The van der Waals surface area contributed by atoms with Gasteiger partial charge in [-0.25, -0.2) is 0 Å². The van der Waals surface area contributed by atoms with Crippen LogP contribution in [-0.2, 0) is 4.79 Å². The molecule has 2 aliphatic rings. The molecule has 1 aliphatic carbocycles. The highest BCUT2D eigenvalue weighted by Gasteiger charge is 2.47. The Balaban J connectivity index is 1.80. The van der Waals surface area contributed by atoms with E-state index in [-0.39, 0.29) is 5.91 Å². The minimum Gasteiger partial charge on any atom is -0.370 e. The molecule has 20 heavy (non-hydrogen) atoms. The molecule has 1 atom stereocenters. The van der Waals surface area contributed by atoms with Gasteiger partial charge in [0.05, 0.1) is 5.02 Å². The van der Waals surface area contributed by atoms with Gasteiger partial charge >= 0.3 is 0 Å². The van der Waals surface area contributed by atoms with E-state index in [2.05, 4.69) is 26.1 Å². The maximum absolute atomic E-state index is 12.0. The second-order valence-electron chi connectivity index (χ2n) is 5.65. The Kier molecular flexibility index (Phi) is 3.69. The van der Waals surface area contributed by atoms with Crippen LogP contribution in [0.15, 0.2) is 22.7 Å². The summed E-state index contributed by atoms with van der Waals surface area (Å²) in [6.07, 6.45) is 3.22. The third-order valence-corrected chi connectivity index (χ3v) is 5.35. The Morgan fingerprint density at radius 3 is 2.85 bits per heavy atom. The van der Waals surface area contributed by atoms with Gasteiger partial charge in [0, 0.05) is 29.3 Å². The third-order valence-electron chi connectivity index (χ3n) is 4.14. The summed E-state index contributed by atoms with van der Waals surface area (Å²) in [5.74, 6) is -0.285. The Bertz CT molecular complexity index is 549. The summed E-state index contributed by atoms with van der Waals surface area (Å²) in [5.41, 5.74) is 5.85. The molecule has 1 unspecified atom stereocenters. The van der Waals surface area contributed by atoms with Gasteiger partial charge in [0.2, 0.25) is 5.91 Å². The van der Waals surface area contributed by atoms with Crippen molar-refractivity contribution >= 4 is 39.1 Å². The van der Waals surface area contributed by atoms with Crippen molar-refractivity contribution in [2.24, 2.45) is 5.73 Å². The molecule has 0 radical (unpaired) electrons. The Morgan fingerprint density at radius 2 is 2.25 bits per heavy atom. The zero-order chi connectivity index (χ0) is 14.3. The van der Waals surface area contributed by atoms with Crippen molar-refractivity contribution in [1.82, 2.24) is 4.90 Å². The number of amides is 1. The molecule has 1 heterocycles. The van der Waals surface area contributed by atoms with Crippen molar-refractivity contribution < 1.29 is 4.79 Å². The number of nitrogens with zero attached hydrogens (tertiary/aromatic N) is 1. The van der Waals surface area contributed by atoms with E-state index in [9.17, 15) is 4.79 Å². The Hall–Kier alpha value is -0.780. The molecular formula is C14H17BrClN3O. The van der Waals surface area contributed by atoms with Gasteiger partial charge in [-0.05, 0) is 53.4 Å². The minimum absolute atomic E-state index is 0.285. The number of hydrogen-bond donors (Lipinski definition) is 2. The van der Waals surface area contributed by atoms with Crippen molar-refractivity contribution in [3.8, 4) is 0 Å². The van der Waals surface area contributed by atoms with Crippen LogP contribution in [0.25, 0.3) is 0 Å². The molecule has 4 nitrogen and oxygen atoms in total. The molecule has 0 bridgehead atoms. The highest BCUT2D eigenvalue weighted by molar-refractivity contribution is 9.10. The van der Waals surface area contributed by atoms with Gasteiger partial charge in [0.15, 0.2) is 0 Å². The monoisotopic (exact) mass is 357 g/mol. The fraction of sp³-hybridized carbons (Fsp3) is 0.500. The molecule has 3 N–H and O–H groups in total.